The molecule has 0 aliphatic heterocycles. The van der Waals surface area contributed by atoms with Crippen LogP contribution < -0.4 is 19.6 Å². The topological polar surface area (TPSA) is 65.7 Å². The second-order valence-corrected chi connectivity index (χ2v) is 8.63. The normalized spacial score (nSPS) is 11.9. The molecule has 0 saturated heterocycles. The van der Waals surface area contributed by atoms with Crippen LogP contribution in [0.5, 0.6) is 11.5 Å². The van der Waals surface area contributed by atoms with Crippen molar-refractivity contribution in [2.75, 3.05) is 13.7 Å². The third-order valence-electron chi connectivity index (χ3n) is 4.59. The number of nitrogens with zero attached hydrogens (tertiary/aromatic N) is 3. The molecule has 0 bridgehead atoms. The summed E-state index contributed by atoms with van der Waals surface area (Å²) in [6.45, 7) is 2.74. The fourth-order valence-electron chi connectivity index (χ4n) is 2.99. The number of rotatable bonds is 7. The van der Waals surface area contributed by atoms with E-state index >= 15 is 0 Å². The number of thiazole rings is 1. The molecule has 4 aromatic rings. The van der Waals surface area contributed by atoms with Crippen LogP contribution in [0.2, 0.25) is 10.0 Å². The predicted molar refractivity (Wildman–Crippen MR) is 125 cm³/mol. The van der Waals surface area contributed by atoms with Crippen molar-refractivity contribution in [2.24, 2.45) is 0 Å². The Morgan fingerprint density at radius 1 is 1.16 bits per heavy atom. The monoisotopic (exact) mass is 475 g/mol. The molecule has 0 unspecified atom stereocenters. The van der Waals surface area contributed by atoms with Gasteiger partial charge in [0.2, 0.25) is 4.96 Å². The van der Waals surface area contributed by atoms with Crippen molar-refractivity contribution in [3.63, 3.8) is 0 Å². The minimum atomic E-state index is -0.244. The van der Waals surface area contributed by atoms with E-state index in [1.807, 2.05) is 18.2 Å². The molecule has 0 atom stereocenters. The average molecular weight is 476 g/mol. The van der Waals surface area contributed by atoms with E-state index in [2.05, 4.69) is 17.0 Å². The van der Waals surface area contributed by atoms with Gasteiger partial charge in [-0.05, 0) is 48.4 Å². The largest absolute Gasteiger partial charge is 0.493 e. The van der Waals surface area contributed by atoms with E-state index in [1.165, 1.54) is 15.9 Å². The van der Waals surface area contributed by atoms with Crippen molar-refractivity contribution in [1.82, 2.24) is 14.6 Å². The highest BCUT2D eigenvalue weighted by molar-refractivity contribution is 7.15. The molecule has 4 rings (SSSR count). The molecule has 160 valence electrons. The molecule has 6 nitrogen and oxygen atoms in total. The van der Waals surface area contributed by atoms with Gasteiger partial charge in [0.15, 0.2) is 17.3 Å². The van der Waals surface area contributed by atoms with Gasteiger partial charge in [-0.25, -0.2) is 0 Å². The van der Waals surface area contributed by atoms with Crippen molar-refractivity contribution in [3.05, 3.63) is 66.9 Å². The van der Waals surface area contributed by atoms with E-state index in [0.717, 1.165) is 18.4 Å². The highest BCUT2D eigenvalue weighted by Gasteiger charge is 2.15. The lowest BCUT2D eigenvalue weighted by Gasteiger charge is -2.10. The Bertz CT molecular complexity index is 1350. The van der Waals surface area contributed by atoms with E-state index in [0.29, 0.717) is 49.0 Å². The molecule has 2 heterocycles. The van der Waals surface area contributed by atoms with Crippen LogP contribution in [0.25, 0.3) is 22.4 Å². The molecule has 0 radical (unpaired) electrons. The minimum absolute atomic E-state index is 0.244. The van der Waals surface area contributed by atoms with Crippen molar-refractivity contribution in [3.8, 4) is 22.9 Å². The first-order chi connectivity index (χ1) is 15.0. The zero-order valence-corrected chi connectivity index (χ0v) is 19.2. The third-order valence-corrected chi connectivity index (χ3v) is 6.10. The van der Waals surface area contributed by atoms with E-state index in [4.69, 9.17) is 32.7 Å². The summed E-state index contributed by atoms with van der Waals surface area (Å²) in [5, 5.41) is 5.29. The number of halogens is 2. The first-order valence-electron chi connectivity index (χ1n) is 9.67. The third kappa shape index (κ3) is 4.54. The summed E-state index contributed by atoms with van der Waals surface area (Å²) in [7, 11) is 1.59. The average Bonchev–Trinajstić information content (AvgIpc) is 3.28. The Hall–Kier alpha value is -2.61. The maximum absolute atomic E-state index is 12.8. The molecule has 2 aromatic carbocycles. The first-order valence-corrected chi connectivity index (χ1v) is 11.2. The summed E-state index contributed by atoms with van der Waals surface area (Å²) in [5.74, 6) is 1.69. The summed E-state index contributed by atoms with van der Waals surface area (Å²) in [4.78, 5) is 17.8. The quantitative estimate of drug-likeness (QED) is 0.357. The van der Waals surface area contributed by atoms with Crippen molar-refractivity contribution in [2.45, 2.75) is 19.8 Å². The number of hydrogen-bond donors (Lipinski definition) is 0. The van der Waals surface area contributed by atoms with Crippen LogP contribution in [0.4, 0.5) is 0 Å². The number of unbranched alkanes of at least 4 members (excludes halogenated alkanes) is 1. The van der Waals surface area contributed by atoms with Gasteiger partial charge in [-0.15, -0.1) is 5.10 Å². The van der Waals surface area contributed by atoms with Crippen molar-refractivity contribution < 1.29 is 9.47 Å². The van der Waals surface area contributed by atoms with Crippen LogP contribution >= 0.6 is 34.5 Å². The summed E-state index contributed by atoms with van der Waals surface area (Å²) in [6.07, 6.45) is 3.82. The zero-order chi connectivity index (χ0) is 22.0. The standard InChI is InChI=1S/C22H19Cl2N3O3S/c1-3-4-9-30-17-8-5-13(10-18(17)29-2)11-19-21(28)27-22(31-19)25-20(26-27)15-7-6-14(23)12-16(15)24/h5-8,10-12H,3-4,9H2,1-2H3. The van der Waals surface area contributed by atoms with Crippen LogP contribution in [-0.2, 0) is 0 Å². The SMILES string of the molecule is CCCCOc1ccc(C=c2sc3nc(-c4ccc(Cl)cc4Cl)nn3c2=O)cc1OC. The zero-order valence-electron chi connectivity index (χ0n) is 16.9. The van der Waals surface area contributed by atoms with Crippen LogP contribution in [0.15, 0.2) is 41.2 Å². The van der Waals surface area contributed by atoms with Gasteiger partial charge in [-0.2, -0.15) is 9.50 Å². The predicted octanol–water partition coefficient (Wildman–Crippen LogP) is 4.86. The highest BCUT2D eigenvalue weighted by atomic mass is 35.5. The summed E-state index contributed by atoms with van der Waals surface area (Å²) in [6, 6.07) is 10.6. The number of aromatic nitrogens is 3. The van der Waals surface area contributed by atoms with E-state index in [-0.39, 0.29) is 5.56 Å². The van der Waals surface area contributed by atoms with Gasteiger partial charge in [0.25, 0.3) is 5.56 Å². The lowest BCUT2D eigenvalue weighted by molar-refractivity contribution is 0.288. The Kier molecular flexibility index (Phi) is 6.46. The van der Waals surface area contributed by atoms with Crippen molar-refractivity contribution in [1.29, 1.82) is 0 Å². The fourth-order valence-corrected chi connectivity index (χ4v) is 4.39. The number of ether oxygens (including phenoxy) is 2. The smallest absolute Gasteiger partial charge is 0.291 e. The Morgan fingerprint density at radius 2 is 2.00 bits per heavy atom. The van der Waals surface area contributed by atoms with Crippen LogP contribution in [0, 0.1) is 0 Å². The van der Waals surface area contributed by atoms with Gasteiger partial charge in [0, 0.05) is 10.6 Å². The minimum Gasteiger partial charge on any atom is -0.493 e. The number of fused-ring (bicyclic) bond motifs is 1. The Labute approximate surface area is 192 Å². The molecular weight excluding hydrogens is 457 g/mol. The van der Waals surface area contributed by atoms with Crippen LogP contribution in [0.1, 0.15) is 25.3 Å². The summed E-state index contributed by atoms with van der Waals surface area (Å²) >= 11 is 13.4. The van der Waals surface area contributed by atoms with Gasteiger partial charge < -0.3 is 9.47 Å². The fraction of sp³-hybridized carbons (Fsp3) is 0.227. The number of methoxy groups -OCH3 is 1. The second-order valence-electron chi connectivity index (χ2n) is 6.78. The first kappa shape index (κ1) is 21.6. The van der Waals surface area contributed by atoms with Crippen molar-refractivity contribution >= 4 is 45.6 Å². The summed E-state index contributed by atoms with van der Waals surface area (Å²) < 4.78 is 13.0. The molecule has 0 saturated carbocycles. The van der Waals surface area contributed by atoms with Gasteiger partial charge in [-0.1, -0.05) is 53.9 Å². The Balaban J connectivity index is 1.68. The van der Waals surface area contributed by atoms with Crippen LogP contribution in [0.3, 0.4) is 0 Å². The van der Waals surface area contributed by atoms with Crippen LogP contribution in [-0.4, -0.2) is 28.3 Å². The number of benzene rings is 2. The number of hydrogen-bond acceptors (Lipinski definition) is 6. The molecule has 0 spiro atoms. The van der Waals surface area contributed by atoms with Gasteiger partial charge in [-0.3, -0.25) is 4.79 Å². The summed E-state index contributed by atoms with van der Waals surface area (Å²) in [5.41, 5.74) is 1.20. The molecular formula is C22H19Cl2N3O3S. The van der Waals surface area contributed by atoms with Gasteiger partial charge in [0.05, 0.1) is 23.3 Å². The highest BCUT2D eigenvalue weighted by Crippen LogP contribution is 2.29. The molecule has 2 aromatic heterocycles. The van der Waals surface area contributed by atoms with E-state index < -0.39 is 0 Å². The lowest BCUT2D eigenvalue weighted by Crippen LogP contribution is -2.23. The second kappa shape index (κ2) is 9.26. The van der Waals surface area contributed by atoms with E-state index in [9.17, 15) is 4.79 Å². The lowest BCUT2D eigenvalue weighted by atomic mass is 10.2. The maximum Gasteiger partial charge on any atom is 0.291 e. The van der Waals surface area contributed by atoms with E-state index in [1.54, 1.807) is 31.4 Å². The van der Waals surface area contributed by atoms with Gasteiger partial charge >= 0.3 is 0 Å². The molecule has 0 aliphatic rings. The molecule has 0 aliphatic carbocycles. The Morgan fingerprint density at radius 3 is 2.71 bits per heavy atom. The molecule has 0 N–H and O–H groups in total. The molecule has 31 heavy (non-hydrogen) atoms. The molecule has 0 fully saturated rings. The molecule has 9 heteroatoms. The molecule has 0 amide bonds. The van der Waals surface area contributed by atoms with Gasteiger partial charge in [0.1, 0.15) is 0 Å². The maximum atomic E-state index is 12.8.